The Morgan fingerprint density at radius 2 is 1.76 bits per heavy atom. The summed E-state index contributed by atoms with van der Waals surface area (Å²) in [5, 5.41) is 10.9. The number of aromatic amines is 1. The Morgan fingerprint density at radius 1 is 1.03 bits per heavy atom. The number of carbonyl (C=O) groups excluding carboxylic acids is 1. The molecule has 196 valence electrons. The molecule has 7 aliphatic rings. The van der Waals surface area contributed by atoms with Crippen molar-refractivity contribution in [1.82, 2.24) is 34.9 Å². The van der Waals surface area contributed by atoms with Crippen LogP contribution in [-0.2, 0) is 6.18 Å². The van der Waals surface area contributed by atoms with E-state index in [0.717, 1.165) is 76.1 Å². The monoisotopic (exact) mass is 514 g/mol. The van der Waals surface area contributed by atoms with Gasteiger partial charge in [0.05, 0.1) is 12.4 Å². The summed E-state index contributed by atoms with van der Waals surface area (Å²) in [6.07, 6.45) is 4.98. The van der Waals surface area contributed by atoms with Crippen molar-refractivity contribution in [3.63, 3.8) is 0 Å². The molecular weight excluding hydrogens is 485 g/mol. The predicted molar refractivity (Wildman–Crippen MR) is 124 cm³/mol. The van der Waals surface area contributed by atoms with Crippen molar-refractivity contribution in [2.75, 3.05) is 31.5 Å². The Kier molecular flexibility index (Phi) is 4.14. The molecule has 2 saturated heterocycles. The van der Waals surface area contributed by atoms with Crippen LogP contribution < -0.4 is 5.32 Å². The fourth-order valence-corrected chi connectivity index (χ4v) is 7.80. The lowest BCUT2D eigenvalue weighted by molar-refractivity contribution is -0.190. The van der Waals surface area contributed by atoms with Crippen LogP contribution in [0, 0.1) is 16.7 Å². The molecule has 7 fully saturated rings. The third-order valence-electron chi connectivity index (χ3n) is 9.96. The molecule has 0 aromatic carbocycles. The number of nitrogens with zero attached hydrogens (tertiary/aromatic N) is 6. The Balaban J connectivity index is 0.782. The summed E-state index contributed by atoms with van der Waals surface area (Å²) in [4.78, 5) is 29.1. The van der Waals surface area contributed by atoms with Crippen molar-refractivity contribution in [2.24, 2.45) is 16.7 Å². The first-order chi connectivity index (χ1) is 17.6. The van der Waals surface area contributed by atoms with Gasteiger partial charge in [0.15, 0.2) is 11.5 Å². The highest BCUT2D eigenvalue weighted by molar-refractivity contribution is 5.76. The fraction of sp³-hybridized carbons (Fsp3) is 0.720. The number of nitrogens with one attached hydrogen (secondary N) is 2. The first-order valence-corrected chi connectivity index (χ1v) is 13.3. The number of anilines is 1. The van der Waals surface area contributed by atoms with Gasteiger partial charge in [0.1, 0.15) is 11.6 Å². The van der Waals surface area contributed by atoms with E-state index >= 15 is 0 Å². The van der Waals surface area contributed by atoms with E-state index in [1.807, 2.05) is 9.80 Å². The summed E-state index contributed by atoms with van der Waals surface area (Å²) in [6.45, 7) is 3.30. The Labute approximate surface area is 211 Å². The number of aromatic nitrogens is 5. The lowest BCUT2D eigenvalue weighted by atomic mass is 9.35. The molecular formula is C25H29F3N8O. The molecule has 9 nitrogen and oxygen atoms in total. The number of H-pyrrole nitrogens is 1. The predicted octanol–water partition coefficient (Wildman–Crippen LogP) is 3.76. The van der Waals surface area contributed by atoms with Crippen LogP contribution in [0.5, 0.6) is 0 Å². The minimum Gasteiger partial charge on any atom is -0.363 e. The molecule has 2 aromatic heterocycles. The molecule has 0 unspecified atom stereocenters. The van der Waals surface area contributed by atoms with E-state index in [9.17, 15) is 18.0 Å². The zero-order chi connectivity index (χ0) is 25.2. The van der Waals surface area contributed by atoms with E-state index < -0.39 is 11.9 Å². The van der Waals surface area contributed by atoms with Gasteiger partial charge in [-0.15, -0.1) is 0 Å². The lowest BCUT2D eigenvalue weighted by Crippen LogP contribution is -2.78. The highest BCUT2D eigenvalue weighted by Crippen LogP contribution is 2.72. The quantitative estimate of drug-likeness (QED) is 0.630. The fourth-order valence-electron chi connectivity index (χ4n) is 7.80. The standard InChI is InChI=1S/C25H29F3N8O/c26-25(27,28)17-5-30-18(6-29-17)32-24-9-23(10-24,11-24)16-7-35(8-16)21(37)36-12-22(13-36)3-15(4-22)20-31-19(33-34-20)14-1-2-14/h5-6,14-16H,1-4,7-13H2,(H,30,32)(H,31,33,34). The maximum atomic E-state index is 13.0. The molecule has 2 N–H and O–H groups in total. The van der Waals surface area contributed by atoms with Crippen LogP contribution in [0.25, 0.3) is 0 Å². The molecule has 2 aromatic rings. The van der Waals surface area contributed by atoms with Crippen molar-refractivity contribution < 1.29 is 18.0 Å². The van der Waals surface area contributed by atoms with Crippen molar-refractivity contribution in [3.05, 3.63) is 29.7 Å². The molecule has 0 radical (unpaired) electrons. The first kappa shape index (κ1) is 22.1. The van der Waals surface area contributed by atoms with Gasteiger partial charge >= 0.3 is 12.2 Å². The smallest absolute Gasteiger partial charge is 0.363 e. The number of carbonyl (C=O) groups is 1. The van der Waals surface area contributed by atoms with Crippen molar-refractivity contribution in [3.8, 4) is 0 Å². The zero-order valence-electron chi connectivity index (χ0n) is 20.4. The highest BCUT2D eigenvalue weighted by Gasteiger charge is 2.72. The summed E-state index contributed by atoms with van der Waals surface area (Å²) >= 11 is 0. The van der Waals surface area contributed by atoms with Gasteiger partial charge in [-0.3, -0.25) is 5.10 Å². The largest absolute Gasteiger partial charge is 0.434 e. The second-order valence-corrected chi connectivity index (χ2v) is 12.8. The number of urea groups is 1. The normalized spacial score (nSPS) is 32.2. The number of alkyl halides is 3. The van der Waals surface area contributed by atoms with E-state index in [0.29, 0.717) is 23.6 Å². The van der Waals surface area contributed by atoms with Gasteiger partial charge in [-0.2, -0.15) is 18.3 Å². The van der Waals surface area contributed by atoms with Crippen molar-refractivity contribution in [2.45, 2.75) is 68.5 Å². The van der Waals surface area contributed by atoms with Crippen LogP contribution in [0.4, 0.5) is 23.8 Å². The van der Waals surface area contributed by atoms with E-state index in [-0.39, 0.29) is 22.4 Å². The number of hydrogen-bond acceptors (Lipinski definition) is 6. The van der Waals surface area contributed by atoms with E-state index in [1.54, 1.807) is 0 Å². The van der Waals surface area contributed by atoms with Gasteiger partial charge in [0, 0.05) is 54.9 Å². The van der Waals surface area contributed by atoms with Gasteiger partial charge < -0.3 is 15.1 Å². The molecule has 4 heterocycles. The van der Waals surface area contributed by atoms with Crippen LogP contribution in [0.1, 0.15) is 74.1 Å². The molecule has 12 heteroatoms. The summed E-state index contributed by atoms with van der Waals surface area (Å²) in [5.41, 5.74) is -0.533. The van der Waals surface area contributed by atoms with Crippen molar-refractivity contribution >= 4 is 11.8 Å². The Bertz CT molecular complexity index is 1230. The maximum Gasteiger partial charge on any atom is 0.434 e. The number of likely N-dealkylation sites (tertiary alicyclic amines) is 2. The number of rotatable bonds is 5. The summed E-state index contributed by atoms with van der Waals surface area (Å²) in [5.74, 6) is 3.92. The number of hydrogen-bond donors (Lipinski definition) is 2. The summed E-state index contributed by atoms with van der Waals surface area (Å²) in [7, 11) is 0. The van der Waals surface area contributed by atoms with Gasteiger partial charge in [0.2, 0.25) is 0 Å². The van der Waals surface area contributed by atoms with E-state index in [4.69, 9.17) is 4.98 Å². The first-order valence-electron chi connectivity index (χ1n) is 13.3. The van der Waals surface area contributed by atoms with Crippen LogP contribution in [-0.4, -0.2) is 72.7 Å². The molecule has 9 rings (SSSR count). The Hall–Kier alpha value is -2.92. The average Bonchev–Trinajstić information content (AvgIpc) is 3.45. The van der Waals surface area contributed by atoms with Gasteiger partial charge in [-0.05, 0) is 50.4 Å². The number of halogens is 3. The molecule has 2 bridgehead atoms. The SMILES string of the molecule is O=C(N1CC(C23CC(Nc4cnc(C(F)(F)F)cn4)(C2)C3)C1)N1CC2(CC(c3n[nH]c(C4CC4)n3)C2)C1. The van der Waals surface area contributed by atoms with Crippen LogP contribution >= 0.6 is 0 Å². The molecule has 0 atom stereocenters. The zero-order valence-corrected chi connectivity index (χ0v) is 20.4. The molecule has 5 saturated carbocycles. The topological polar surface area (TPSA) is 103 Å². The van der Waals surface area contributed by atoms with E-state index in [2.05, 4.69) is 25.5 Å². The third kappa shape index (κ3) is 3.32. The second kappa shape index (κ2) is 6.93. The Morgan fingerprint density at radius 3 is 2.38 bits per heavy atom. The second-order valence-electron chi connectivity index (χ2n) is 12.8. The summed E-state index contributed by atoms with van der Waals surface area (Å²) < 4.78 is 38.1. The van der Waals surface area contributed by atoms with E-state index in [1.165, 1.54) is 19.0 Å². The average molecular weight is 515 g/mol. The molecule has 2 amide bonds. The lowest BCUT2D eigenvalue weighted by Gasteiger charge is -2.75. The molecule has 1 spiro atoms. The molecule has 2 aliphatic heterocycles. The van der Waals surface area contributed by atoms with Gasteiger partial charge in [-0.25, -0.2) is 19.7 Å². The van der Waals surface area contributed by atoms with Crippen molar-refractivity contribution in [1.29, 1.82) is 0 Å². The van der Waals surface area contributed by atoms with Crippen LogP contribution in [0.15, 0.2) is 12.4 Å². The van der Waals surface area contributed by atoms with Gasteiger partial charge in [-0.1, -0.05) is 0 Å². The minimum absolute atomic E-state index is 0.0773. The van der Waals surface area contributed by atoms with Crippen LogP contribution in [0.3, 0.4) is 0 Å². The van der Waals surface area contributed by atoms with Crippen LogP contribution in [0.2, 0.25) is 0 Å². The van der Waals surface area contributed by atoms with Gasteiger partial charge in [0.25, 0.3) is 0 Å². The summed E-state index contributed by atoms with van der Waals surface area (Å²) in [6, 6.07) is 0.165. The number of amides is 2. The maximum absolute atomic E-state index is 13.0. The highest BCUT2D eigenvalue weighted by atomic mass is 19.4. The third-order valence-corrected chi connectivity index (χ3v) is 9.96. The minimum atomic E-state index is -4.48. The molecule has 5 aliphatic carbocycles. The molecule has 37 heavy (non-hydrogen) atoms.